The molecule has 0 aliphatic heterocycles. The number of aliphatic hydroxyl groups is 1. The summed E-state index contributed by atoms with van der Waals surface area (Å²) in [5.41, 5.74) is 1.02. The molecule has 1 heterocycles. The molecule has 196 valence electrons. The van der Waals surface area contributed by atoms with Crippen LogP contribution in [0.3, 0.4) is 0 Å². The lowest BCUT2D eigenvalue weighted by Gasteiger charge is -2.25. The second kappa shape index (κ2) is 15.2. The third kappa shape index (κ3) is 10.3. The van der Waals surface area contributed by atoms with Crippen molar-refractivity contribution in [1.29, 1.82) is 0 Å². The minimum Gasteiger partial charge on any atom is -0.497 e. The molecule has 1 aromatic carbocycles. The van der Waals surface area contributed by atoms with Crippen LogP contribution in [0.15, 0.2) is 41.8 Å². The molecule has 35 heavy (non-hydrogen) atoms. The van der Waals surface area contributed by atoms with E-state index in [9.17, 15) is 18.3 Å². The second-order valence-corrected chi connectivity index (χ2v) is 11.6. The normalized spacial score (nSPS) is 13.5. The fourth-order valence-corrected chi connectivity index (χ4v) is 6.12. The van der Waals surface area contributed by atoms with Gasteiger partial charge in [0.15, 0.2) is 0 Å². The van der Waals surface area contributed by atoms with E-state index >= 15 is 0 Å². The predicted molar refractivity (Wildman–Crippen MR) is 141 cm³/mol. The number of nitrogens with one attached hydrogen (secondary N) is 2. The highest BCUT2D eigenvalue weighted by atomic mass is 32.2. The first-order valence-electron chi connectivity index (χ1n) is 12.1. The Balaban J connectivity index is 1.95. The molecule has 0 radical (unpaired) electrons. The van der Waals surface area contributed by atoms with Crippen LogP contribution in [-0.4, -0.2) is 68.4 Å². The third-order valence-corrected chi connectivity index (χ3v) is 8.33. The van der Waals surface area contributed by atoms with Crippen molar-refractivity contribution in [3.63, 3.8) is 0 Å². The number of sulfonamides is 1. The van der Waals surface area contributed by atoms with Gasteiger partial charge in [-0.25, -0.2) is 12.7 Å². The number of thiophene rings is 1. The van der Waals surface area contributed by atoms with E-state index in [2.05, 4.69) is 10.6 Å². The first-order chi connectivity index (χ1) is 16.8. The molecule has 8 nitrogen and oxygen atoms in total. The molecule has 3 N–H and O–H groups in total. The van der Waals surface area contributed by atoms with Crippen molar-refractivity contribution in [2.75, 3.05) is 32.5 Å². The van der Waals surface area contributed by atoms with Gasteiger partial charge in [0.25, 0.3) is 0 Å². The van der Waals surface area contributed by atoms with Crippen molar-refractivity contribution in [2.45, 2.75) is 58.2 Å². The molecule has 2 aromatic rings. The first kappa shape index (κ1) is 29.3. The van der Waals surface area contributed by atoms with Crippen LogP contribution in [-0.2, 0) is 27.8 Å². The van der Waals surface area contributed by atoms with E-state index in [-0.39, 0.29) is 24.6 Å². The van der Waals surface area contributed by atoms with Gasteiger partial charge in [0.05, 0.1) is 25.0 Å². The lowest BCUT2D eigenvalue weighted by molar-refractivity contribution is -0.122. The molecule has 0 saturated heterocycles. The minimum atomic E-state index is -3.51. The van der Waals surface area contributed by atoms with Gasteiger partial charge in [0, 0.05) is 43.9 Å². The van der Waals surface area contributed by atoms with Crippen LogP contribution in [0, 0.1) is 0 Å². The Morgan fingerprint density at radius 3 is 2.54 bits per heavy atom. The van der Waals surface area contributed by atoms with Crippen LogP contribution >= 0.6 is 11.3 Å². The number of aliphatic hydroxyl groups excluding tert-OH is 1. The van der Waals surface area contributed by atoms with Gasteiger partial charge in [-0.05, 0) is 42.0 Å². The lowest BCUT2D eigenvalue weighted by atomic mass is 10.1. The average molecular weight is 526 g/mol. The molecular weight excluding hydrogens is 486 g/mol. The zero-order valence-electron chi connectivity index (χ0n) is 20.9. The van der Waals surface area contributed by atoms with Crippen molar-refractivity contribution in [3.8, 4) is 5.75 Å². The summed E-state index contributed by atoms with van der Waals surface area (Å²) in [4.78, 5) is 13.7. The number of ether oxygens (including phenoxy) is 1. The Labute approximate surface area is 213 Å². The summed E-state index contributed by atoms with van der Waals surface area (Å²) >= 11 is 1.55. The van der Waals surface area contributed by atoms with E-state index < -0.39 is 22.2 Å². The highest BCUT2D eigenvalue weighted by Crippen LogP contribution is 2.15. The van der Waals surface area contributed by atoms with E-state index in [1.54, 1.807) is 18.4 Å². The summed E-state index contributed by atoms with van der Waals surface area (Å²) in [7, 11) is -1.89. The largest absolute Gasteiger partial charge is 0.497 e. The second-order valence-electron chi connectivity index (χ2n) is 8.47. The van der Waals surface area contributed by atoms with Crippen LogP contribution in [0.4, 0.5) is 0 Å². The van der Waals surface area contributed by atoms with Crippen LogP contribution < -0.4 is 15.4 Å². The van der Waals surface area contributed by atoms with Crippen LogP contribution in [0.5, 0.6) is 5.75 Å². The summed E-state index contributed by atoms with van der Waals surface area (Å²) in [5.74, 6) is 0.142. The monoisotopic (exact) mass is 525 g/mol. The fraction of sp³-hybridized carbons (Fsp3) is 0.560. The Morgan fingerprint density at radius 2 is 1.91 bits per heavy atom. The third-order valence-electron chi connectivity index (χ3n) is 5.56. The SMILES string of the molecule is CCCN(CCC)S(=O)(=O)CCC(=O)NC(Cc1cccs1)[C@@H](O)CNCc1cccc(OC)c1. The van der Waals surface area contributed by atoms with Crippen molar-refractivity contribution >= 4 is 27.3 Å². The smallest absolute Gasteiger partial charge is 0.221 e. The van der Waals surface area contributed by atoms with Gasteiger partial charge in [-0.1, -0.05) is 32.0 Å². The zero-order valence-corrected chi connectivity index (χ0v) is 22.5. The standard InChI is InChI=1S/C25H39N3O5S2/c1-4-12-28(13-5-2)35(31,32)15-11-25(30)27-23(17-22-10-7-14-34-22)24(29)19-26-18-20-8-6-9-21(16-20)33-3/h6-10,14,16,23-24,26,29H,4-5,11-13,15,17-19H2,1-3H3,(H,27,30)/t23?,24-/m0/s1. The average Bonchev–Trinajstić information content (AvgIpc) is 3.35. The number of amides is 1. The van der Waals surface area contributed by atoms with Gasteiger partial charge in [0.2, 0.25) is 15.9 Å². The van der Waals surface area contributed by atoms with Crippen LogP contribution in [0.2, 0.25) is 0 Å². The molecule has 1 aromatic heterocycles. The van der Waals surface area contributed by atoms with Crippen molar-refractivity contribution in [1.82, 2.24) is 14.9 Å². The van der Waals surface area contributed by atoms with Crippen LogP contribution in [0.25, 0.3) is 0 Å². The maximum absolute atomic E-state index is 12.7. The molecule has 1 amide bonds. The quantitative estimate of drug-likeness (QED) is 0.293. The Bertz CT molecular complexity index is 977. The van der Waals surface area contributed by atoms with Gasteiger partial charge in [-0.2, -0.15) is 0 Å². The number of rotatable bonds is 17. The molecule has 2 atom stereocenters. The fourth-order valence-electron chi connectivity index (χ4n) is 3.74. The summed E-state index contributed by atoms with van der Waals surface area (Å²) in [6.07, 6.45) is 0.930. The molecule has 2 rings (SSSR count). The predicted octanol–water partition coefficient (Wildman–Crippen LogP) is 2.78. The first-order valence-corrected chi connectivity index (χ1v) is 14.6. The number of hydrogen-bond donors (Lipinski definition) is 3. The molecule has 10 heteroatoms. The minimum absolute atomic E-state index is 0.142. The number of carbonyl (C=O) groups is 1. The number of nitrogens with zero attached hydrogens (tertiary/aromatic N) is 1. The number of carbonyl (C=O) groups excluding carboxylic acids is 1. The molecule has 0 bridgehead atoms. The van der Waals surface area contributed by atoms with Crippen molar-refractivity contribution in [2.24, 2.45) is 0 Å². The van der Waals surface area contributed by atoms with E-state index in [1.807, 2.05) is 55.6 Å². The summed E-state index contributed by atoms with van der Waals surface area (Å²) < 4.78 is 32.1. The van der Waals surface area contributed by atoms with Gasteiger partial charge in [-0.15, -0.1) is 11.3 Å². The van der Waals surface area contributed by atoms with E-state index in [0.717, 1.165) is 29.0 Å². The lowest BCUT2D eigenvalue weighted by Crippen LogP contribution is -2.49. The van der Waals surface area contributed by atoms with Crippen LogP contribution in [0.1, 0.15) is 43.6 Å². The highest BCUT2D eigenvalue weighted by Gasteiger charge is 2.25. The Kier molecular flexibility index (Phi) is 12.7. The molecule has 0 spiro atoms. The molecule has 0 saturated carbocycles. The highest BCUT2D eigenvalue weighted by molar-refractivity contribution is 7.89. The maximum atomic E-state index is 12.7. The van der Waals surface area contributed by atoms with Crippen molar-refractivity contribution < 1.29 is 23.1 Å². The topological polar surface area (TPSA) is 108 Å². The summed E-state index contributed by atoms with van der Waals surface area (Å²) in [6.45, 7) is 5.59. The van der Waals surface area contributed by atoms with E-state index in [4.69, 9.17) is 4.74 Å². The number of hydrogen-bond acceptors (Lipinski definition) is 7. The van der Waals surface area contributed by atoms with E-state index in [0.29, 0.717) is 26.1 Å². The number of benzene rings is 1. The Morgan fingerprint density at radius 1 is 1.17 bits per heavy atom. The molecule has 0 aliphatic rings. The summed E-state index contributed by atoms with van der Waals surface area (Å²) in [5, 5.41) is 18.9. The van der Waals surface area contributed by atoms with Gasteiger partial charge in [-0.3, -0.25) is 4.79 Å². The van der Waals surface area contributed by atoms with Crippen molar-refractivity contribution in [3.05, 3.63) is 52.2 Å². The maximum Gasteiger partial charge on any atom is 0.221 e. The molecular formula is C25H39N3O5S2. The molecule has 1 unspecified atom stereocenters. The molecule has 0 fully saturated rings. The van der Waals surface area contributed by atoms with E-state index in [1.165, 1.54) is 4.31 Å². The summed E-state index contributed by atoms with van der Waals surface area (Å²) in [6, 6.07) is 11.0. The molecule has 0 aliphatic carbocycles. The number of methoxy groups -OCH3 is 1. The van der Waals surface area contributed by atoms with Gasteiger partial charge >= 0.3 is 0 Å². The zero-order chi connectivity index (χ0) is 25.7. The Hall–Kier alpha value is -1.98. The van der Waals surface area contributed by atoms with Gasteiger partial charge < -0.3 is 20.5 Å². The van der Waals surface area contributed by atoms with Gasteiger partial charge in [0.1, 0.15) is 5.75 Å².